The second-order valence-electron chi connectivity index (χ2n) is 8.90. The van der Waals surface area contributed by atoms with Crippen LogP contribution in [0.25, 0.3) is 16.7 Å². The third-order valence-corrected chi connectivity index (χ3v) is 6.16. The van der Waals surface area contributed by atoms with Gasteiger partial charge in [-0.3, -0.25) is 0 Å². The topological polar surface area (TPSA) is 50.7 Å². The predicted octanol–water partition coefficient (Wildman–Crippen LogP) is 6.74. The van der Waals surface area contributed by atoms with Crippen molar-refractivity contribution in [3.05, 3.63) is 82.4 Å². The Hall–Kier alpha value is -2.95. The SMILES string of the molecule is COc1cc(Cl)ccc1-c1ccc2c(c1COc1ccccc1CCO)C(C)=CC(C)(C)N2. The number of halogens is 1. The highest BCUT2D eigenvalue weighted by Crippen LogP contribution is 2.43. The van der Waals surface area contributed by atoms with E-state index in [0.717, 1.165) is 45.0 Å². The van der Waals surface area contributed by atoms with E-state index in [4.69, 9.17) is 21.1 Å². The Morgan fingerprint density at radius 3 is 2.52 bits per heavy atom. The zero-order valence-corrected chi connectivity index (χ0v) is 20.3. The lowest BCUT2D eigenvalue weighted by Gasteiger charge is -2.33. The van der Waals surface area contributed by atoms with E-state index in [1.807, 2.05) is 42.5 Å². The fourth-order valence-corrected chi connectivity index (χ4v) is 4.77. The van der Waals surface area contributed by atoms with E-state index in [2.05, 4.69) is 44.3 Å². The fraction of sp³-hybridized carbons (Fsp3) is 0.286. The molecule has 1 aliphatic rings. The van der Waals surface area contributed by atoms with Gasteiger partial charge in [-0.2, -0.15) is 0 Å². The number of nitrogens with one attached hydrogen (secondary N) is 1. The minimum absolute atomic E-state index is 0.0786. The first-order chi connectivity index (χ1) is 15.8. The van der Waals surface area contributed by atoms with Gasteiger partial charge in [0.15, 0.2) is 0 Å². The molecule has 172 valence electrons. The van der Waals surface area contributed by atoms with Crippen LogP contribution in [0.4, 0.5) is 5.69 Å². The second-order valence-corrected chi connectivity index (χ2v) is 9.34. The van der Waals surface area contributed by atoms with Gasteiger partial charge >= 0.3 is 0 Å². The summed E-state index contributed by atoms with van der Waals surface area (Å²) in [6, 6.07) is 17.8. The van der Waals surface area contributed by atoms with Crippen LogP contribution in [0, 0.1) is 0 Å². The van der Waals surface area contributed by atoms with Crippen LogP contribution in [0.5, 0.6) is 11.5 Å². The summed E-state index contributed by atoms with van der Waals surface area (Å²) in [5, 5.41) is 13.7. The average Bonchev–Trinajstić information content (AvgIpc) is 2.77. The molecule has 4 rings (SSSR count). The molecule has 0 aromatic heterocycles. The molecule has 0 saturated heterocycles. The van der Waals surface area contributed by atoms with Gasteiger partial charge < -0.3 is 19.9 Å². The van der Waals surface area contributed by atoms with Gasteiger partial charge in [-0.1, -0.05) is 41.9 Å². The highest BCUT2D eigenvalue weighted by Gasteiger charge is 2.27. The van der Waals surface area contributed by atoms with Crippen molar-refractivity contribution < 1.29 is 14.6 Å². The number of allylic oxidation sites excluding steroid dienone is 1. The van der Waals surface area contributed by atoms with Crippen LogP contribution in [0.1, 0.15) is 37.5 Å². The molecule has 3 aromatic rings. The van der Waals surface area contributed by atoms with E-state index in [9.17, 15) is 5.11 Å². The number of hydrogen-bond donors (Lipinski definition) is 2. The number of aliphatic hydroxyl groups excluding tert-OH is 1. The van der Waals surface area contributed by atoms with Gasteiger partial charge in [-0.15, -0.1) is 0 Å². The third-order valence-electron chi connectivity index (χ3n) is 5.92. The van der Waals surface area contributed by atoms with Crippen molar-refractivity contribution in [3.63, 3.8) is 0 Å². The zero-order chi connectivity index (χ0) is 23.6. The minimum Gasteiger partial charge on any atom is -0.496 e. The van der Waals surface area contributed by atoms with E-state index >= 15 is 0 Å². The molecule has 4 nitrogen and oxygen atoms in total. The van der Waals surface area contributed by atoms with E-state index in [1.54, 1.807) is 7.11 Å². The van der Waals surface area contributed by atoms with Gasteiger partial charge in [0.05, 0.1) is 12.6 Å². The molecule has 3 aromatic carbocycles. The summed E-state index contributed by atoms with van der Waals surface area (Å²) in [6.07, 6.45) is 2.80. The van der Waals surface area contributed by atoms with Crippen molar-refractivity contribution in [1.82, 2.24) is 0 Å². The Balaban J connectivity index is 1.85. The summed E-state index contributed by atoms with van der Waals surface area (Å²) < 4.78 is 12.0. The lowest BCUT2D eigenvalue weighted by Crippen LogP contribution is -2.32. The van der Waals surface area contributed by atoms with Crippen molar-refractivity contribution in [2.75, 3.05) is 19.0 Å². The van der Waals surface area contributed by atoms with Crippen molar-refractivity contribution in [1.29, 1.82) is 0 Å². The van der Waals surface area contributed by atoms with Gasteiger partial charge in [-0.25, -0.2) is 0 Å². The van der Waals surface area contributed by atoms with E-state index < -0.39 is 0 Å². The molecule has 0 spiro atoms. The molecule has 5 heteroatoms. The maximum absolute atomic E-state index is 9.45. The van der Waals surface area contributed by atoms with Crippen LogP contribution >= 0.6 is 11.6 Å². The van der Waals surface area contributed by atoms with Crippen LogP contribution in [0.2, 0.25) is 5.02 Å². The molecule has 1 aliphatic heterocycles. The number of benzene rings is 3. The quantitative estimate of drug-likeness (QED) is 0.407. The first kappa shape index (κ1) is 23.2. The Morgan fingerprint density at radius 2 is 1.76 bits per heavy atom. The number of methoxy groups -OCH3 is 1. The Morgan fingerprint density at radius 1 is 1.00 bits per heavy atom. The summed E-state index contributed by atoms with van der Waals surface area (Å²) in [5.74, 6) is 1.50. The molecule has 0 amide bonds. The van der Waals surface area contributed by atoms with Crippen LogP contribution < -0.4 is 14.8 Å². The average molecular weight is 464 g/mol. The molecule has 0 bridgehead atoms. The summed E-state index contributed by atoms with van der Waals surface area (Å²) in [5.41, 5.74) is 7.35. The van der Waals surface area contributed by atoms with Crippen LogP contribution in [-0.2, 0) is 13.0 Å². The van der Waals surface area contributed by atoms with Crippen molar-refractivity contribution >= 4 is 22.9 Å². The van der Waals surface area contributed by atoms with Gasteiger partial charge in [-0.05, 0) is 74.2 Å². The van der Waals surface area contributed by atoms with Gasteiger partial charge in [0.2, 0.25) is 0 Å². The molecular weight excluding hydrogens is 434 g/mol. The summed E-state index contributed by atoms with van der Waals surface area (Å²) in [4.78, 5) is 0. The van der Waals surface area contributed by atoms with Crippen molar-refractivity contribution in [2.24, 2.45) is 0 Å². The molecule has 0 saturated carbocycles. The smallest absolute Gasteiger partial charge is 0.128 e. The van der Waals surface area contributed by atoms with Gasteiger partial charge in [0.25, 0.3) is 0 Å². The molecule has 33 heavy (non-hydrogen) atoms. The number of rotatable bonds is 7. The predicted molar refractivity (Wildman–Crippen MR) is 136 cm³/mol. The second kappa shape index (κ2) is 9.50. The molecule has 0 unspecified atom stereocenters. The lowest BCUT2D eigenvalue weighted by molar-refractivity contribution is 0.284. The fourth-order valence-electron chi connectivity index (χ4n) is 4.61. The molecule has 0 radical (unpaired) electrons. The van der Waals surface area contributed by atoms with Gasteiger partial charge in [0, 0.05) is 34.0 Å². The molecule has 0 aliphatic carbocycles. The summed E-state index contributed by atoms with van der Waals surface area (Å²) in [6.45, 7) is 6.93. The van der Waals surface area contributed by atoms with Crippen molar-refractivity contribution in [3.8, 4) is 22.6 Å². The first-order valence-electron chi connectivity index (χ1n) is 11.1. The van der Waals surface area contributed by atoms with Gasteiger partial charge in [0.1, 0.15) is 18.1 Å². The van der Waals surface area contributed by atoms with Crippen LogP contribution in [0.15, 0.2) is 60.7 Å². The number of ether oxygens (including phenoxy) is 2. The maximum Gasteiger partial charge on any atom is 0.128 e. The van der Waals surface area contributed by atoms with Crippen LogP contribution in [0.3, 0.4) is 0 Å². The largest absolute Gasteiger partial charge is 0.496 e. The standard InChI is InChI=1S/C28H30ClNO3/c1-18-16-28(2,3)30-24-12-11-21(22-10-9-20(29)15-26(22)32-4)23(27(18)24)17-33-25-8-6-5-7-19(25)13-14-31/h5-12,15-16,30-31H,13-14,17H2,1-4H3. The first-order valence-corrected chi connectivity index (χ1v) is 11.5. The summed E-state index contributed by atoms with van der Waals surface area (Å²) >= 11 is 6.24. The highest BCUT2D eigenvalue weighted by atomic mass is 35.5. The zero-order valence-electron chi connectivity index (χ0n) is 19.5. The minimum atomic E-state index is -0.136. The molecule has 1 heterocycles. The number of hydrogen-bond acceptors (Lipinski definition) is 4. The maximum atomic E-state index is 9.45. The molecule has 2 N–H and O–H groups in total. The third kappa shape index (κ3) is 4.87. The van der Waals surface area contributed by atoms with E-state index in [1.165, 1.54) is 5.57 Å². The number of anilines is 1. The van der Waals surface area contributed by atoms with E-state index in [0.29, 0.717) is 18.1 Å². The Labute approximate surface area is 200 Å². The lowest BCUT2D eigenvalue weighted by atomic mass is 9.85. The monoisotopic (exact) mass is 463 g/mol. The molecule has 0 fully saturated rings. The number of para-hydroxylation sites is 1. The Bertz CT molecular complexity index is 1200. The van der Waals surface area contributed by atoms with Crippen LogP contribution in [-0.4, -0.2) is 24.4 Å². The summed E-state index contributed by atoms with van der Waals surface area (Å²) in [7, 11) is 1.66. The molecule has 0 atom stereocenters. The number of fused-ring (bicyclic) bond motifs is 1. The van der Waals surface area contributed by atoms with E-state index in [-0.39, 0.29) is 12.1 Å². The highest BCUT2D eigenvalue weighted by molar-refractivity contribution is 6.30. The number of aliphatic hydroxyl groups is 1. The normalized spacial score (nSPS) is 14.2. The Kier molecular flexibility index (Phi) is 6.68. The molecular formula is C28H30ClNO3. The van der Waals surface area contributed by atoms with Crippen molar-refractivity contribution in [2.45, 2.75) is 39.3 Å².